The molecule has 0 spiro atoms. The van der Waals surface area contributed by atoms with Crippen LogP contribution in [0.25, 0.3) is 0 Å². The quantitative estimate of drug-likeness (QED) is 0.601. The van der Waals surface area contributed by atoms with Crippen LogP contribution >= 0.6 is 0 Å². The Morgan fingerprint density at radius 1 is 1.16 bits per heavy atom. The highest BCUT2D eigenvalue weighted by molar-refractivity contribution is 7.86. The van der Waals surface area contributed by atoms with Gasteiger partial charge < -0.3 is 9.84 Å². The Hall–Kier alpha value is -2.40. The highest BCUT2D eigenvalue weighted by Gasteiger charge is 2.20. The second kappa shape index (κ2) is 8.12. The first-order valence-corrected chi connectivity index (χ1v) is 9.04. The lowest BCUT2D eigenvalue weighted by atomic mass is 10.2. The molecule has 6 nitrogen and oxygen atoms in total. The zero-order valence-electron chi connectivity index (χ0n) is 14.0. The molecule has 25 heavy (non-hydrogen) atoms. The summed E-state index contributed by atoms with van der Waals surface area (Å²) in [5.41, 5.74) is 1.69. The van der Waals surface area contributed by atoms with E-state index >= 15 is 0 Å². The highest BCUT2D eigenvalue weighted by Crippen LogP contribution is 2.20. The number of aryl methyl sites for hydroxylation is 2. The molecular weight excluding hydrogens is 342 g/mol. The van der Waals surface area contributed by atoms with E-state index in [0.29, 0.717) is 11.3 Å². The van der Waals surface area contributed by atoms with Crippen molar-refractivity contribution >= 4 is 10.1 Å². The van der Waals surface area contributed by atoms with E-state index in [4.69, 9.17) is 14.2 Å². The SMILES string of the molecule is Cc1cccc(OC(O)CCOS(=O)(=O)c2cc(C)ccc2C#N)c1. The Kier molecular flexibility index (Phi) is 6.15. The van der Waals surface area contributed by atoms with Crippen LogP contribution in [0.4, 0.5) is 0 Å². The molecule has 1 N–H and O–H groups in total. The van der Waals surface area contributed by atoms with Gasteiger partial charge >= 0.3 is 0 Å². The minimum atomic E-state index is -4.09. The average Bonchev–Trinajstić information content (AvgIpc) is 2.54. The molecule has 0 aliphatic carbocycles. The van der Waals surface area contributed by atoms with Crippen molar-refractivity contribution in [3.05, 3.63) is 59.2 Å². The van der Waals surface area contributed by atoms with Gasteiger partial charge in [-0.05, 0) is 49.2 Å². The summed E-state index contributed by atoms with van der Waals surface area (Å²) in [6.45, 7) is 3.34. The average molecular weight is 361 g/mol. The maximum Gasteiger partial charge on any atom is 0.298 e. The molecule has 0 aliphatic heterocycles. The van der Waals surface area contributed by atoms with Gasteiger partial charge in [-0.15, -0.1) is 0 Å². The maximum absolute atomic E-state index is 12.3. The lowest BCUT2D eigenvalue weighted by Crippen LogP contribution is -2.19. The van der Waals surface area contributed by atoms with Crippen molar-refractivity contribution < 1.29 is 22.4 Å². The van der Waals surface area contributed by atoms with Crippen LogP contribution in [0, 0.1) is 25.2 Å². The number of ether oxygens (including phenoxy) is 1. The first-order valence-electron chi connectivity index (χ1n) is 7.63. The summed E-state index contributed by atoms with van der Waals surface area (Å²) >= 11 is 0. The van der Waals surface area contributed by atoms with Crippen LogP contribution < -0.4 is 4.74 Å². The Morgan fingerprint density at radius 2 is 1.88 bits per heavy atom. The van der Waals surface area contributed by atoms with Crippen LogP contribution in [0.2, 0.25) is 0 Å². The first kappa shape index (κ1) is 18.9. The van der Waals surface area contributed by atoms with Crippen LogP contribution in [0.5, 0.6) is 5.75 Å². The maximum atomic E-state index is 12.3. The van der Waals surface area contributed by atoms with E-state index in [1.165, 1.54) is 12.1 Å². The second-order valence-corrected chi connectivity index (χ2v) is 7.15. The normalized spacial score (nSPS) is 12.4. The third-order valence-corrected chi connectivity index (χ3v) is 4.75. The minimum Gasteiger partial charge on any atom is -0.465 e. The smallest absolute Gasteiger partial charge is 0.298 e. The van der Waals surface area contributed by atoms with E-state index in [2.05, 4.69) is 0 Å². The fourth-order valence-corrected chi connectivity index (χ4v) is 3.31. The second-order valence-electron chi connectivity index (χ2n) is 5.57. The van der Waals surface area contributed by atoms with Gasteiger partial charge in [-0.25, -0.2) is 0 Å². The summed E-state index contributed by atoms with van der Waals surface area (Å²) in [6, 6.07) is 13.4. The predicted octanol–water partition coefficient (Wildman–Crippen LogP) is 2.67. The van der Waals surface area contributed by atoms with Gasteiger partial charge in [0.1, 0.15) is 16.7 Å². The van der Waals surface area contributed by atoms with Crippen molar-refractivity contribution in [1.29, 1.82) is 5.26 Å². The summed E-state index contributed by atoms with van der Waals surface area (Å²) in [5, 5.41) is 18.9. The molecule has 0 heterocycles. The molecule has 0 aliphatic rings. The van der Waals surface area contributed by atoms with Crippen molar-refractivity contribution in [3.63, 3.8) is 0 Å². The summed E-state index contributed by atoms with van der Waals surface area (Å²) in [5.74, 6) is 0.487. The van der Waals surface area contributed by atoms with Crippen LogP contribution in [0.15, 0.2) is 47.4 Å². The van der Waals surface area contributed by atoms with Crippen molar-refractivity contribution in [2.24, 2.45) is 0 Å². The molecule has 132 valence electrons. The van der Waals surface area contributed by atoms with Gasteiger partial charge in [-0.1, -0.05) is 18.2 Å². The van der Waals surface area contributed by atoms with E-state index in [0.717, 1.165) is 5.56 Å². The number of aliphatic hydroxyl groups excluding tert-OH is 1. The Bertz CT molecular complexity index is 887. The Balaban J connectivity index is 1.96. The molecule has 7 heteroatoms. The molecule has 1 unspecified atom stereocenters. The van der Waals surface area contributed by atoms with E-state index in [9.17, 15) is 13.5 Å². The van der Waals surface area contributed by atoms with Gasteiger partial charge in [0.2, 0.25) is 0 Å². The number of hydrogen-bond acceptors (Lipinski definition) is 6. The zero-order valence-corrected chi connectivity index (χ0v) is 14.8. The van der Waals surface area contributed by atoms with Gasteiger partial charge in [0.25, 0.3) is 10.1 Å². The van der Waals surface area contributed by atoms with E-state index in [-0.39, 0.29) is 23.5 Å². The number of nitriles is 1. The summed E-state index contributed by atoms with van der Waals surface area (Å²) in [7, 11) is -4.09. The fraction of sp³-hybridized carbons (Fsp3) is 0.278. The molecule has 0 saturated carbocycles. The van der Waals surface area contributed by atoms with Crippen LogP contribution in [-0.4, -0.2) is 26.4 Å². The van der Waals surface area contributed by atoms with Crippen molar-refractivity contribution in [2.75, 3.05) is 6.61 Å². The fourth-order valence-electron chi connectivity index (χ4n) is 2.16. The molecule has 0 fully saturated rings. The molecule has 2 aromatic carbocycles. The zero-order chi connectivity index (χ0) is 18.4. The molecular formula is C18H19NO5S. The molecule has 0 radical (unpaired) electrons. The van der Waals surface area contributed by atoms with Crippen LogP contribution in [-0.2, 0) is 14.3 Å². The van der Waals surface area contributed by atoms with Crippen molar-refractivity contribution in [1.82, 2.24) is 0 Å². The molecule has 1 atom stereocenters. The Labute approximate surface area is 147 Å². The molecule has 0 aromatic heterocycles. The molecule has 0 saturated heterocycles. The third-order valence-electron chi connectivity index (χ3n) is 3.39. The first-order chi connectivity index (χ1) is 11.8. The van der Waals surface area contributed by atoms with Gasteiger partial charge in [-0.2, -0.15) is 13.7 Å². The van der Waals surface area contributed by atoms with E-state index in [1.54, 1.807) is 31.2 Å². The molecule has 0 amide bonds. The number of nitrogens with zero attached hydrogens (tertiary/aromatic N) is 1. The predicted molar refractivity (Wildman–Crippen MR) is 91.5 cm³/mol. The standard InChI is InChI=1S/C18H19NO5S/c1-13-4-3-5-16(10-13)24-18(20)8-9-23-25(21,22)17-11-14(2)6-7-15(17)12-19/h3-7,10-11,18,20H,8-9H2,1-2H3. The topological polar surface area (TPSA) is 96.6 Å². The molecule has 2 aromatic rings. The van der Waals surface area contributed by atoms with Crippen molar-refractivity contribution in [2.45, 2.75) is 31.5 Å². The van der Waals surface area contributed by atoms with Gasteiger partial charge in [0, 0.05) is 6.42 Å². The van der Waals surface area contributed by atoms with E-state index < -0.39 is 16.4 Å². The van der Waals surface area contributed by atoms with Gasteiger partial charge in [0.05, 0.1) is 12.2 Å². The van der Waals surface area contributed by atoms with Gasteiger partial charge in [-0.3, -0.25) is 4.18 Å². The summed E-state index contributed by atoms with van der Waals surface area (Å²) < 4.78 is 34.7. The third kappa shape index (κ3) is 5.29. The molecule has 0 bridgehead atoms. The highest BCUT2D eigenvalue weighted by atomic mass is 32.2. The Morgan fingerprint density at radius 3 is 2.56 bits per heavy atom. The minimum absolute atomic E-state index is 0.0159. The molecule has 2 rings (SSSR count). The van der Waals surface area contributed by atoms with E-state index in [1.807, 2.05) is 19.1 Å². The monoisotopic (exact) mass is 361 g/mol. The van der Waals surface area contributed by atoms with Crippen LogP contribution in [0.3, 0.4) is 0 Å². The van der Waals surface area contributed by atoms with Gasteiger partial charge in [0.15, 0.2) is 6.29 Å². The van der Waals surface area contributed by atoms with Crippen LogP contribution in [0.1, 0.15) is 23.1 Å². The number of benzene rings is 2. The lowest BCUT2D eigenvalue weighted by molar-refractivity contribution is -0.0302. The number of hydrogen-bond donors (Lipinski definition) is 1. The number of aliphatic hydroxyl groups is 1. The lowest BCUT2D eigenvalue weighted by Gasteiger charge is -2.14. The summed E-state index contributed by atoms with van der Waals surface area (Å²) in [6.07, 6.45) is -1.24. The largest absolute Gasteiger partial charge is 0.465 e. The summed E-state index contributed by atoms with van der Waals surface area (Å²) in [4.78, 5) is -0.177. The van der Waals surface area contributed by atoms with Crippen molar-refractivity contribution in [3.8, 4) is 11.8 Å². The number of rotatable bonds is 7.